The summed E-state index contributed by atoms with van der Waals surface area (Å²) in [7, 11) is -8.56. The van der Waals surface area contributed by atoms with Crippen LogP contribution in [0, 0.1) is 22.0 Å². The third-order valence-electron chi connectivity index (χ3n) is 7.57. The Hall–Kier alpha value is -2.98. The molecule has 4 atom stereocenters. The van der Waals surface area contributed by atoms with Crippen LogP contribution in [-0.4, -0.2) is 56.1 Å². The van der Waals surface area contributed by atoms with E-state index in [0.29, 0.717) is 5.56 Å². The molecule has 1 aromatic rings. The maximum Gasteiger partial charge on any atom is 0.534 e. The van der Waals surface area contributed by atoms with E-state index in [-0.39, 0.29) is 10.7 Å². The quantitative estimate of drug-likeness (QED) is 0.0747. The fourth-order valence-corrected chi connectivity index (χ4v) is 6.41. The first kappa shape index (κ1) is 31.5. The molecule has 3 rings (SSSR count). The molecule has 0 saturated carbocycles. The lowest BCUT2D eigenvalue weighted by atomic mass is 9.79. The Kier molecular flexibility index (Phi) is 8.24. The number of ether oxygens (including phenoxy) is 1. The van der Waals surface area contributed by atoms with Crippen molar-refractivity contribution in [1.29, 1.82) is 0 Å². The van der Waals surface area contributed by atoms with Crippen molar-refractivity contribution >= 4 is 36.0 Å². The van der Waals surface area contributed by atoms with Crippen LogP contribution < -0.4 is 0 Å². The summed E-state index contributed by atoms with van der Waals surface area (Å²) in [5.74, 6) is -4.78. The van der Waals surface area contributed by atoms with Crippen LogP contribution in [0.15, 0.2) is 35.7 Å². The standard InChI is InChI=1S/C24H31F3N2O9SSi/c1-13-18-17(14(2)38-40(6,7)23(3,4)5)21(30)28(18)19(20(13)37-39(34,35)24(25,26)27)22(31)36-12-15-8-10-16(11-9-15)29(32)33/h8-11,13-14,17-18H,12H2,1-7H3/t13-,14-,17+,18-/m1/s1. The molecule has 0 aliphatic carbocycles. The van der Waals surface area contributed by atoms with Gasteiger partial charge in [-0.1, -0.05) is 27.7 Å². The number of benzene rings is 1. The van der Waals surface area contributed by atoms with Crippen LogP contribution >= 0.6 is 0 Å². The first-order chi connectivity index (χ1) is 18.1. The summed E-state index contributed by atoms with van der Waals surface area (Å²) < 4.78 is 79.3. The minimum atomic E-state index is -6.17. The van der Waals surface area contributed by atoms with E-state index >= 15 is 0 Å². The van der Waals surface area contributed by atoms with Crippen LogP contribution in [0.25, 0.3) is 0 Å². The first-order valence-electron chi connectivity index (χ1n) is 12.3. The minimum Gasteiger partial charge on any atom is -0.456 e. The van der Waals surface area contributed by atoms with Gasteiger partial charge in [-0.15, -0.1) is 0 Å². The summed E-state index contributed by atoms with van der Waals surface area (Å²) in [6.07, 6.45) is -0.687. The zero-order valence-corrected chi connectivity index (χ0v) is 24.8. The number of hydrogen-bond acceptors (Lipinski definition) is 9. The van der Waals surface area contributed by atoms with E-state index in [2.05, 4.69) is 4.18 Å². The fraction of sp³-hybridized carbons (Fsp3) is 0.583. The average Bonchev–Trinajstić information content (AvgIpc) is 3.03. The Labute approximate surface area is 230 Å². The lowest BCUT2D eigenvalue weighted by Gasteiger charge is -2.49. The second-order valence-corrected chi connectivity index (χ2v) is 17.6. The predicted molar refractivity (Wildman–Crippen MR) is 137 cm³/mol. The van der Waals surface area contributed by atoms with E-state index in [9.17, 15) is 41.3 Å². The molecule has 2 aliphatic rings. The SMILES string of the molecule is C[C@@H](O[Si](C)(C)C(C)(C)C)[C@@H]1C(=O)N2C(C(=O)OCc3ccc([N+](=O)[O-])cc3)=C(OS(=O)(=O)C(F)(F)F)[C@H](C)[C@H]12. The molecular formula is C24H31F3N2O9SSi. The number of nitro benzene ring substituents is 1. The number of non-ortho nitro benzene ring substituents is 1. The maximum absolute atomic E-state index is 13.3. The highest BCUT2D eigenvalue weighted by Gasteiger charge is 2.63. The lowest BCUT2D eigenvalue weighted by Crippen LogP contribution is -2.65. The van der Waals surface area contributed by atoms with E-state index in [4.69, 9.17) is 9.16 Å². The zero-order valence-electron chi connectivity index (χ0n) is 22.9. The van der Waals surface area contributed by atoms with Gasteiger partial charge in [-0.05, 0) is 42.8 Å². The number of rotatable bonds is 9. The Morgan fingerprint density at radius 3 is 2.20 bits per heavy atom. The highest BCUT2D eigenvalue weighted by molar-refractivity contribution is 7.87. The molecule has 0 aromatic heterocycles. The predicted octanol–water partition coefficient (Wildman–Crippen LogP) is 4.60. The van der Waals surface area contributed by atoms with Crippen molar-refractivity contribution in [3.8, 4) is 0 Å². The summed E-state index contributed by atoms with van der Waals surface area (Å²) in [6, 6.07) is 4.01. The highest BCUT2D eigenvalue weighted by atomic mass is 32.2. The normalized spacial score (nSPS) is 22.5. The number of halogens is 3. The molecule has 2 heterocycles. The van der Waals surface area contributed by atoms with Gasteiger partial charge in [0, 0.05) is 18.1 Å². The van der Waals surface area contributed by atoms with Gasteiger partial charge < -0.3 is 13.3 Å². The van der Waals surface area contributed by atoms with Crippen LogP contribution in [0.2, 0.25) is 18.1 Å². The molecule has 0 unspecified atom stereocenters. The molecule has 16 heteroatoms. The van der Waals surface area contributed by atoms with E-state index in [0.717, 1.165) is 17.0 Å². The number of amides is 1. The van der Waals surface area contributed by atoms with E-state index < -0.39 is 82.8 Å². The van der Waals surface area contributed by atoms with Crippen molar-refractivity contribution in [3.63, 3.8) is 0 Å². The molecule has 11 nitrogen and oxygen atoms in total. The number of β-lactam (4-membered cyclic amide) rings is 1. The van der Waals surface area contributed by atoms with Gasteiger partial charge in [0.05, 0.1) is 23.0 Å². The molecule has 0 bridgehead atoms. The number of esters is 1. The van der Waals surface area contributed by atoms with Gasteiger partial charge in [0.2, 0.25) is 5.91 Å². The zero-order chi connectivity index (χ0) is 30.6. The van der Waals surface area contributed by atoms with E-state index in [1.807, 2.05) is 33.9 Å². The van der Waals surface area contributed by atoms with Crippen LogP contribution in [0.1, 0.15) is 40.2 Å². The molecule has 1 fully saturated rings. The van der Waals surface area contributed by atoms with Gasteiger partial charge in [0.1, 0.15) is 6.61 Å². The molecule has 2 aliphatic heterocycles. The molecule has 222 valence electrons. The first-order valence-corrected chi connectivity index (χ1v) is 16.6. The summed E-state index contributed by atoms with van der Waals surface area (Å²) in [5, 5.41) is 10.6. The van der Waals surface area contributed by atoms with E-state index in [1.165, 1.54) is 19.1 Å². The number of nitrogens with zero attached hydrogens (tertiary/aromatic N) is 2. The Morgan fingerprint density at radius 1 is 1.18 bits per heavy atom. The average molecular weight is 609 g/mol. The smallest absolute Gasteiger partial charge is 0.456 e. The molecule has 40 heavy (non-hydrogen) atoms. The Balaban J connectivity index is 1.92. The summed E-state index contributed by atoms with van der Waals surface area (Å²) in [4.78, 5) is 37.5. The number of hydrogen-bond donors (Lipinski definition) is 0. The molecule has 1 amide bonds. The molecule has 0 N–H and O–H groups in total. The van der Waals surface area contributed by atoms with Crippen LogP contribution in [-0.2, 0) is 39.7 Å². The lowest BCUT2D eigenvalue weighted by molar-refractivity contribution is -0.384. The molecule has 0 radical (unpaired) electrons. The second kappa shape index (κ2) is 10.4. The minimum absolute atomic E-state index is 0.213. The third kappa shape index (κ3) is 5.74. The fourth-order valence-electron chi connectivity index (χ4n) is 4.42. The van der Waals surface area contributed by atoms with Gasteiger partial charge in [0.25, 0.3) is 5.69 Å². The van der Waals surface area contributed by atoms with Gasteiger partial charge in [-0.25, -0.2) is 4.79 Å². The number of carbonyl (C=O) groups excluding carboxylic acids is 2. The number of fused-ring (bicyclic) bond motifs is 1. The summed E-state index contributed by atoms with van der Waals surface area (Å²) in [6.45, 7) is 12.5. The molecule has 1 aromatic carbocycles. The Morgan fingerprint density at radius 2 is 1.73 bits per heavy atom. The maximum atomic E-state index is 13.3. The van der Waals surface area contributed by atoms with Crippen molar-refractivity contribution in [1.82, 2.24) is 4.90 Å². The second-order valence-electron chi connectivity index (χ2n) is 11.3. The molecule has 0 spiro atoms. The van der Waals surface area contributed by atoms with Crippen molar-refractivity contribution in [3.05, 3.63) is 51.4 Å². The monoisotopic (exact) mass is 608 g/mol. The van der Waals surface area contributed by atoms with Crippen LogP contribution in [0.4, 0.5) is 18.9 Å². The number of nitro groups is 1. The van der Waals surface area contributed by atoms with Crippen molar-refractivity contribution in [2.24, 2.45) is 11.8 Å². The van der Waals surface area contributed by atoms with Gasteiger partial charge in [0.15, 0.2) is 19.8 Å². The highest BCUT2D eigenvalue weighted by Crippen LogP contribution is 2.50. The van der Waals surface area contributed by atoms with Gasteiger partial charge >= 0.3 is 21.6 Å². The largest absolute Gasteiger partial charge is 0.534 e. The van der Waals surface area contributed by atoms with Crippen LogP contribution in [0.3, 0.4) is 0 Å². The van der Waals surface area contributed by atoms with Crippen molar-refractivity contribution in [2.75, 3.05) is 0 Å². The molecular weight excluding hydrogens is 577 g/mol. The molecule has 1 saturated heterocycles. The van der Waals surface area contributed by atoms with Gasteiger partial charge in [-0.2, -0.15) is 21.6 Å². The Bertz CT molecular complexity index is 1340. The van der Waals surface area contributed by atoms with Crippen LogP contribution in [0.5, 0.6) is 0 Å². The topological polar surface area (TPSA) is 142 Å². The summed E-state index contributed by atoms with van der Waals surface area (Å²) >= 11 is 0. The number of alkyl halides is 3. The number of carbonyl (C=O) groups is 2. The van der Waals surface area contributed by atoms with Crippen molar-refractivity contribution in [2.45, 2.75) is 77.0 Å². The van der Waals surface area contributed by atoms with Gasteiger partial charge in [-0.3, -0.25) is 19.8 Å². The van der Waals surface area contributed by atoms with Crippen molar-refractivity contribution < 1.29 is 49.4 Å². The summed E-state index contributed by atoms with van der Waals surface area (Å²) in [5.41, 5.74) is -6.44. The third-order valence-corrected chi connectivity index (χ3v) is 13.1. The van der Waals surface area contributed by atoms with E-state index in [1.54, 1.807) is 6.92 Å².